The van der Waals surface area contributed by atoms with E-state index in [-0.39, 0.29) is 30.1 Å². The van der Waals surface area contributed by atoms with Gasteiger partial charge in [0.05, 0.1) is 44.4 Å². The molecule has 5 atom stereocenters. The standard InChI is InChI=1S/C23H28N2O5/c1-6-12-11-25-16-7-13(12)20(22(26)30-5)23(10-19(25)29-4)14-8-17(27-2)18(28-3)9-15(14)24-21(16)23/h6,8-9,13,16,19-20H,7,10-11H2,1-5H3/b12-6-/t13-,16-,19-,20-,23-/m0/s1. The molecule has 0 aromatic heterocycles. The number of hydrogen-bond acceptors (Lipinski definition) is 7. The summed E-state index contributed by atoms with van der Waals surface area (Å²) in [6, 6.07) is 4.06. The van der Waals surface area contributed by atoms with Crippen LogP contribution in [0.3, 0.4) is 0 Å². The molecule has 1 saturated carbocycles. The van der Waals surface area contributed by atoms with E-state index >= 15 is 0 Å². The van der Waals surface area contributed by atoms with Crippen LogP contribution in [0.25, 0.3) is 0 Å². The number of rotatable bonds is 4. The maximum absolute atomic E-state index is 13.3. The third-order valence-electron chi connectivity index (χ3n) is 7.61. The summed E-state index contributed by atoms with van der Waals surface area (Å²) in [6.07, 6.45) is 3.56. The van der Waals surface area contributed by atoms with E-state index in [1.54, 1.807) is 21.3 Å². The molecule has 3 bridgehead atoms. The quantitative estimate of drug-likeness (QED) is 0.560. The predicted molar refractivity (Wildman–Crippen MR) is 112 cm³/mol. The molecule has 160 valence electrons. The molecule has 1 aromatic carbocycles. The fraction of sp³-hybridized carbons (Fsp3) is 0.565. The Bertz CT molecular complexity index is 971. The summed E-state index contributed by atoms with van der Waals surface area (Å²) in [5, 5.41) is 0. The number of carbonyl (C=O) groups excluding carboxylic acids is 1. The Hall–Kier alpha value is -2.38. The number of benzene rings is 1. The SMILES string of the molecule is C/C=C1/CN2[C@@H](OC)C[C@]34C(=Nc5cc(OC)c(OC)cc53)[C@@H]2C[C@@H]1[C@H]4C(=O)OC. The summed E-state index contributed by atoms with van der Waals surface area (Å²) >= 11 is 0. The molecule has 1 aliphatic carbocycles. The Morgan fingerprint density at radius 1 is 1.20 bits per heavy atom. The van der Waals surface area contributed by atoms with Crippen molar-refractivity contribution in [3.05, 3.63) is 29.3 Å². The Labute approximate surface area is 176 Å². The van der Waals surface area contributed by atoms with Gasteiger partial charge in [-0.15, -0.1) is 0 Å². The Kier molecular flexibility index (Phi) is 4.45. The highest BCUT2D eigenvalue weighted by Gasteiger charge is 2.67. The van der Waals surface area contributed by atoms with E-state index in [4.69, 9.17) is 23.9 Å². The molecule has 7 heteroatoms. The van der Waals surface area contributed by atoms with Crippen molar-refractivity contribution in [1.82, 2.24) is 4.90 Å². The number of esters is 1. The number of hydrogen-bond donors (Lipinski definition) is 0. The van der Waals surface area contributed by atoms with E-state index in [0.29, 0.717) is 17.9 Å². The lowest BCUT2D eigenvalue weighted by Crippen LogP contribution is -2.71. The van der Waals surface area contributed by atoms with Gasteiger partial charge >= 0.3 is 5.97 Å². The summed E-state index contributed by atoms with van der Waals surface area (Å²) in [4.78, 5) is 20.8. The van der Waals surface area contributed by atoms with Crippen LogP contribution in [-0.2, 0) is 19.7 Å². The lowest BCUT2D eigenvalue weighted by atomic mass is 9.50. The molecule has 5 rings (SSSR count). The van der Waals surface area contributed by atoms with Gasteiger partial charge in [-0.1, -0.05) is 11.6 Å². The van der Waals surface area contributed by atoms with Crippen LogP contribution in [0.5, 0.6) is 11.5 Å². The zero-order chi connectivity index (χ0) is 21.2. The van der Waals surface area contributed by atoms with Gasteiger partial charge in [-0.05, 0) is 30.9 Å². The number of fused-ring (bicyclic) bond motifs is 2. The first kappa shape index (κ1) is 19.6. The molecule has 0 spiro atoms. The molecule has 0 N–H and O–H groups in total. The molecule has 0 amide bonds. The van der Waals surface area contributed by atoms with Gasteiger partial charge in [0.1, 0.15) is 6.23 Å². The monoisotopic (exact) mass is 412 g/mol. The maximum atomic E-state index is 13.3. The Morgan fingerprint density at radius 2 is 1.93 bits per heavy atom. The van der Waals surface area contributed by atoms with E-state index in [0.717, 1.165) is 29.9 Å². The minimum absolute atomic E-state index is 0.101. The fourth-order valence-electron chi connectivity index (χ4n) is 6.37. The predicted octanol–water partition coefficient (Wildman–Crippen LogP) is 2.84. The molecule has 30 heavy (non-hydrogen) atoms. The summed E-state index contributed by atoms with van der Waals surface area (Å²) < 4.78 is 22.5. The molecule has 0 radical (unpaired) electrons. The van der Waals surface area contributed by atoms with Gasteiger partial charge in [-0.3, -0.25) is 14.7 Å². The smallest absolute Gasteiger partial charge is 0.310 e. The van der Waals surface area contributed by atoms with Crippen molar-refractivity contribution in [2.24, 2.45) is 16.8 Å². The van der Waals surface area contributed by atoms with Crippen molar-refractivity contribution in [3.63, 3.8) is 0 Å². The summed E-state index contributed by atoms with van der Waals surface area (Å²) in [5.74, 6) is 0.880. The Balaban J connectivity index is 1.80. The lowest BCUT2D eigenvalue weighted by molar-refractivity contribution is -0.158. The number of methoxy groups -OCH3 is 4. The highest BCUT2D eigenvalue weighted by atomic mass is 16.5. The van der Waals surface area contributed by atoms with Crippen LogP contribution in [0.1, 0.15) is 25.3 Å². The first-order valence-electron chi connectivity index (χ1n) is 10.4. The minimum Gasteiger partial charge on any atom is -0.493 e. The van der Waals surface area contributed by atoms with Crippen molar-refractivity contribution in [1.29, 1.82) is 0 Å². The van der Waals surface area contributed by atoms with Crippen LogP contribution in [0.4, 0.5) is 5.69 Å². The van der Waals surface area contributed by atoms with Crippen LogP contribution in [-0.4, -0.2) is 63.8 Å². The molecule has 4 aliphatic rings. The third-order valence-corrected chi connectivity index (χ3v) is 7.61. The van der Waals surface area contributed by atoms with Gasteiger partial charge in [0.25, 0.3) is 0 Å². The number of nitrogens with zero attached hydrogens (tertiary/aromatic N) is 2. The summed E-state index contributed by atoms with van der Waals surface area (Å²) in [5.41, 5.74) is 3.63. The first-order chi connectivity index (χ1) is 14.5. The van der Waals surface area contributed by atoms with E-state index in [2.05, 4.69) is 17.9 Å². The first-order valence-corrected chi connectivity index (χ1v) is 10.4. The molecule has 2 saturated heterocycles. The van der Waals surface area contributed by atoms with Gasteiger partial charge in [0, 0.05) is 31.9 Å². The lowest BCUT2D eigenvalue weighted by Gasteiger charge is -2.61. The van der Waals surface area contributed by atoms with Crippen LogP contribution in [0, 0.1) is 11.8 Å². The van der Waals surface area contributed by atoms with Crippen molar-refractivity contribution in [2.45, 2.75) is 37.5 Å². The van der Waals surface area contributed by atoms with E-state index in [9.17, 15) is 4.79 Å². The van der Waals surface area contributed by atoms with Gasteiger partial charge in [-0.25, -0.2) is 0 Å². The number of aliphatic imine (C=N–C) groups is 1. The topological polar surface area (TPSA) is 69.6 Å². The van der Waals surface area contributed by atoms with Gasteiger partial charge < -0.3 is 18.9 Å². The average Bonchev–Trinajstić information content (AvgIpc) is 3.10. The summed E-state index contributed by atoms with van der Waals surface area (Å²) in [7, 11) is 6.48. The number of carbonyl (C=O) groups is 1. The third kappa shape index (κ3) is 2.28. The molecular weight excluding hydrogens is 384 g/mol. The number of allylic oxidation sites excluding steroid dienone is 1. The second kappa shape index (κ2) is 6.82. The van der Waals surface area contributed by atoms with E-state index < -0.39 is 5.41 Å². The van der Waals surface area contributed by atoms with Crippen molar-refractivity contribution >= 4 is 17.4 Å². The van der Waals surface area contributed by atoms with Crippen LogP contribution >= 0.6 is 0 Å². The molecular formula is C23H28N2O5. The normalized spacial score (nSPS) is 35.0. The van der Waals surface area contributed by atoms with E-state index in [1.807, 2.05) is 12.1 Å². The molecule has 3 fully saturated rings. The average molecular weight is 412 g/mol. The largest absolute Gasteiger partial charge is 0.493 e. The van der Waals surface area contributed by atoms with Gasteiger partial charge in [0.15, 0.2) is 11.5 Å². The minimum atomic E-state index is -0.568. The van der Waals surface area contributed by atoms with Crippen LogP contribution in [0.2, 0.25) is 0 Å². The fourth-order valence-corrected chi connectivity index (χ4v) is 6.37. The molecule has 1 aromatic rings. The summed E-state index contributed by atoms with van der Waals surface area (Å²) in [6.45, 7) is 2.84. The number of piperidine rings is 2. The highest BCUT2D eigenvalue weighted by Crippen LogP contribution is 2.62. The highest BCUT2D eigenvalue weighted by molar-refractivity contribution is 6.10. The zero-order valence-electron chi connectivity index (χ0n) is 18.1. The van der Waals surface area contributed by atoms with Crippen LogP contribution in [0.15, 0.2) is 28.8 Å². The molecule has 0 unspecified atom stereocenters. The van der Waals surface area contributed by atoms with Crippen molar-refractivity contribution in [2.75, 3.05) is 35.0 Å². The zero-order valence-corrected chi connectivity index (χ0v) is 18.1. The van der Waals surface area contributed by atoms with Crippen LogP contribution < -0.4 is 9.47 Å². The maximum Gasteiger partial charge on any atom is 0.310 e. The van der Waals surface area contributed by atoms with Crippen molar-refractivity contribution < 1.29 is 23.7 Å². The second-order valence-corrected chi connectivity index (χ2v) is 8.48. The number of ether oxygens (including phenoxy) is 4. The van der Waals surface area contributed by atoms with E-state index in [1.165, 1.54) is 12.7 Å². The van der Waals surface area contributed by atoms with Crippen molar-refractivity contribution in [3.8, 4) is 11.5 Å². The van der Waals surface area contributed by atoms with Gasteiger partial charge in [-0.2, -0.15) is 0 Å². The molecule has 7 nitrogen and oxygen atoms in total. The second-order valence-electron chi connectivity index (χ2n) is 8.48. The Morgan fingerprint density at radius 3 is 2.57 bits per heavy atom. The molecule has 3 aliphatic heterocycles. The van der Waals surface area contributed by atoms with Gasteiger partial charge in [0.2, 0.25) is 0 Å². The molecule has 3 heterocycles.